The molecular formula is C21H19F4N5O. The average molecular weight is 433 g/mol. The highest BCUT2D eigenvalue weighted by atomic mass is 19.4. The van der Waals surface area contributed by atoms with E-state index in [0.717, 1.165) is 55.4 Å². The quantitative estimate of drug-likeness (QED) is 0.572. The molecule has 1 saturated carbocycles. The van der Waals surface area contributed by atoms with Gasteiger partial charge in [0.15, 0.2) is 5.82 Å². The molecule has 3 aromatic heterocycles. The van der Waals surface area contributed by atoms with Crippen LogP contribution in [0.15, 0.2) is 41.7 Å². The van der Waals surface area contributed by atoms with Crippen LogP contribution in [-0.4, -0.2) is 24.7 Å². The number of nitrogens with zero attached hydrogens (tertiary/aromatic N) is 5. The van der Waals surface area contributed by atoms with Crippen molar-refractivity contribution < 1.29 is 17.6 Å². The van der Waals surface area contributed by atoms with E-state index in [1.165, 1.54) is 18.3 Å². The Morgan fingerprint density at radius 2 is 1.90 bits per heavy atom. The highest BCUT2D eigenvalue weighted by Gasteiger charge is 2.34. The van der Waals surface area contributed by atoms with E-state index < -0.39 is 29.7 Å². The lowest BCUT2D eigenvalue weighted by atomic mass is 9.84. The number of rotatable bonds is 4. The van der Waals surface area contributed by atoms with Crippen LogP contribution in [0.2, 0.25) is 0 Å². The second-order valence-corrected chi connectivity index (χ2v) is 7.50. The summed E-state index contributed by atoms with van der Waals surface area (Å²) in [4.78, 5) is 24.5. The zero-order chi connectivity index (χ0) is 22.0. The molecule has 0 amide bonds. The maximum Gasteiger partial charge on any atom is 0.418 e. The fourth-order valence-corrected chi connectivity index (χ4v) is 3.96. The zero-order valence-corrected chi connectivity index (χ0v) is 16.4. The summed E-state index contributed by atoms with van der Waals surface area (Å²) < 4.78 is 55.5. The number of aromatic nitrogens is 5. The molecule has 0 saturated heterocycles. The largest absolute Gasteiger partial charge is 0.418 e. The molecule has 0 atom stereocenters. The van der Waals surface area contributed by atoms with Gasteiger partial charge in [-0.2, -0.15) is 18.3 Å². The first-order valence-electron chi connectivity index (χ1n) is 9.93. The third kappa shape index (κ3) is 4.47. The first-order chi connectivity index (χ1) is 14.8. The third-order valence-electron chi connectivity index (χ3n) is 5.45. The summed E-state index contributed by atoms with van der Waals surface area (Å²) in [6.07, 6.45) is 3.23. The average Bonchev–Trinajstić information content (AvgIpc) is 2.76. The number of hydrogen-bond acceptors (Lipinski definition) is 5. The van der Waals surface area contributed by atoms with Gasteiger partial charge in [-0.1, -0.05) is 19.3 Å². The van der Waals surface area contributed by atoms with Gasteiger partial charge in [-0.15, -0.1) is 0 Å². The summed E-state index contributed by atoms with van der Waals surface area (Å²) in [6, 6.07) is 3.59. The normalized spacial score (nSPS) is 15.2. The molecule has 4 rings (SSSR count). The van der Waals surface area contributed by atoms with Gasteiger partial charge in [-0.3, -0.25) is 9.78 Å². The molecule has 0 aliphatic heterocycles. The fraction of sp³-hybridized carbons (Fsp3) is 0.381. The van der Waals surface area contributed by atoms with Crippen LogP contribution in [-0.2, 0) is 12.7 Å². The predicted molar refractivity (Wildman–Crippen MR) is 104 cm³/mol. The summed E-state index contributed by atoms with van der Waals surface area (Å²) in [6.45, 7) is -0.491. The van der Waals surface area contributed by atoms with E-state index in [0.29, 0.717) is 5.56 Å². The first kappa shape index (κ1) is 21.1. The van der Waals surface area contributed by atoms with Gasteiger partial charge in [0, 0.05) is 11.8 Å². The van der Waals surface area contributed by atoms with E-state index in [-0.39, 0.29) is 23.0 Å². The van der Waals surface area contributed by atoms with Crippen molar-refractivity contribution in [3.63, 3.8) is 0 Å². The van der Waals surface area contributed by atoms with Crippen molar-refractivity contribution in [3.8, 4) is 11.4 Å². The second kappa shape index (κ2) is 8.52. The van der Waals surface area contributed by atoms with Gasteiger partial charge >= 0.3 is 6.18 Å². The van der Waals surface area contributed by atoms with Gasteiger partial charge < -0.3 is 0 Å². The van der Waals surface area contributed by atoms with E-state index in [1.807, 2.05) is 0 Å². The van der Waals surface area contributed by atoms with Crippen molar-refractivity contribution in [1.29, 1.82) is 0 Å². The predicted octanol–water partition coefficient (Wildman–Crippen LogP) is 4.35. The standard InChI is InChI=1S/C21H19F4N5O/c22-16-10-26-12-28-19(16)17-9-14(13-5-2-1-3-6-13)20(31)30(29-17)11-18-15(21(23,24)25)7-4-8-27-18/h4,7-10,12-13H,1-3,5-6,11H2. The van der Waals surface area contributed by atoms with Crippen molar-refractivity contribution in [1.82, 2.24) is 24.7 Å². The molecular weight excluding hydrogens is 414 g/mol. The number of hydrogen-bond donors (Lipinski definition) is 0. The van der Waals surface area contributed by atoms with Crippen molar-refractivity contribution in [2.24, 2.45) is 0 Å². The summed E-state index contributed by atoms with van der Waals surface area (Å²) >= 11 is 0. The minimum absolute atomic E-state index is 0.0648. The summed E-state index contributed by atoms with van der Waals surface area (Å²) in [7, 11) is 0. The topological polar surface area (TPSA) is 73.6 Å². The van der Waals surface area contributed by atoms with Crippen LogP contribution in [0.4, 0.5) is 17.6 Å². The fourth-order valence-electron chi connectivity index (χ4n) is 3.96. The van der Waals surface area contributed by atoms with Crippen molar-refractivity contribution in [3.05, 3.63) is 69.9 Å². The second-order valence-electron chi connectivity index (χ2n) is 7.50. The summed E-state index contributed by atoms with van der Waals surface area (Å²) in [5, 5.41) is 4.14. The van der Waals surface area contributed by atoms with E-state index in [2.05, 4.69) is 20.1 Å². The van der Waals surface area contributed by atoms with Gasteiger partial charge in [0.05, 0.1) is 24.0 Å². The Hall–Kier alpha value is -3.17. The molecule has 1 fully saturated rings. The molecule has 0 bridgehead atoms. The highest BCUT2D eigenvalue weighted by molar-refractivity contribution is 5.54. The molecule has 0 N–H and O–H groups in total. The maximum atomic E-state index is 14.3. The lowest BCUT2D eigenvalue weighted by Gasteiger charge is -2.22. The molecule has 10 heteroatoms. The van der Waals surface area contributed by atoms with Crippen LogP contribution in [0.3, 0.4) is 0 Å². The summed E-state index contributed by atoms with van der Waals surface area (Å²) in [5.74, 6) is -0.798. The molecule has 0 unspecified atom stereocenters. The highest BCUT2D eigenvalue weighted by Crippen LogP contribution is 2.33. The van der Waals surface area contributed by atoms with Gasteiger partial charge in [-0.25, -0.2) is 19.0 Å². The molecule has 3 aromatic rings. The van der Waals surface area contributed by atoms with Gasteiger partial charge in [-0.05, 0) is 37.0 Å². The molecule has 6 nitrogen and oxygen atoms in total. The molecule has 1 aliphatic carbocycles. The smallest absolute Gasteiger partial charge is 0.267 e. The molecule has 3 heterocycles. The van der Waals surface area contributed by atoms with E-state index >= 15 is 0 Å². The van der Waals surface area contributed by atoms with Gasteiger partial charge in [0.2, 0.25) is 0 Å². The lowest BCUT2D eigenvalue weighted by Crippen LogP contribution is -2.30. The van der Waals surface area contributed by atoms with Crippen LogP contribution in [0, 0.1) is 5.82 Å². The number of pyridine rings is 1. The van der Waals surface area contributed by atoms with Crippen molar-refractivity contribution in [2.45, 2.75) is 50.7 Å². The van der Waals surface area contributed by atoms with Crippen LogP contribution >= 0.6 is 0 Å². The van der Waals surface area contributed by atoms with E-state index in [4.69, 9.17) is 0 Å². The van der Waals surface area contributed by atoms with Crippen LogP contribution in [0.5, 0.6) is 0 Å². The Kier molecular flexibility index (Phi) is 5.79. The Balaban J connectivity index is 1.85. The Morgan fingerprint density at radius 3 is 2.61 bits per heavy atom. The molecule has 0 radical (unpaired) electrons. The van der Waals surface area contributed by atoms with Crippen LogP contribution in [0.25, 0.3) is 11.4 Å². The minimum Gasteiger partial charge on any atom is -0.267 e. The minimum atomic E-state index is -4.63. The van der Waals surface area contributed by atoms with Gasteiger partial charge in [0.1, 0.15) is 17.7 Å². The van der Waals surface area contributed by atoms with Crippen molar-refractivity contribution >= 4 is 0 Å². The Bertz CT molecular complexity index is 1140. The number of halogens is 4. The SMILES string of the molecule is O=c1c(C2CCCCC2)cc(-c2ncncc2F)nn1Cc1ncccc1C(F)(F)F. The molecule has 0 aromatic carbocycles. The molecule has 31 heavy (non-hydrogen) atoms. The zero-order valence-electron chi connectivity index (χ0n) is 16.4. The van der Waals surface area contributed by atoms with Crippen LogP contribution < -0.4 is 5.56 Å². The van der Waals surface area contributed by atoms with E-state index in [1.54, 1.807) is 0 Å². The first-order valence-corrected chi connectivity index (χ1v) is 9.93. The number of alkyl halides is 3. The maximum absolute atomic E-state index is 14.3. The third-order valence-corrected chi connectivity index (χ3v) is 5.45. The molecule has 1 aliphatic rings. The van der Waals surface area contributed by atoms with Crippen molar-refractivity contribution in [2.75, 3.05) is 0 Å². The Labute approximate surface area is 175 Å². The molecule has 162 valence electrons. The molecule has 0 spiro atoms. The van der Waals surface area contributed by atoms with Gasteiger partial charge in [0.25, 0.3) is 5.56 Å². The monoisotopic (exact) mass is 433 g/mol. The van der Waals surface area contributed by atoms with Crippen LogP contribution in [0.1, 0.15) is 54.8 Å². The summed E-state index contributed by atoms with van der Waals surface area (Å²) in [5.41, 5.74) is -1.40. The Morgan fingerprint density at radius 1 is 1.13 bits per heavy atom. The lowest BCUT2D eigenvalue weighted by molar-refractivity contribution is -0.138. The van der Waals surface area contributed by atoms with E-state index in [9.17, 15) is 22.4 Å².